The summed E-state index contributed by atoms with van der Waals surface area (Å²) in [4.78, 5) is 29.4. The molecular formula is C23H30N4O3S. The molecule has 0 spiro atoms. The number of para-hydroxylation sites is 2. The minimum atomic E-state index is -0.255. The van der Waals surface area contributed by atoms with E-state index in [4.69, 9.17) is 9.90 Å². The summed E-state index contributed by atoms with van der Waals surface area (Å²) < 4.78 is 1.95. The lowest BCUT2D eigenvalue weighted by molar-refractivity contribution is -0.124. The number of imidazole rings is 1. The van der Waals surface area contributed by atoms with Gasteiger partial charge < -0.3 is 15.0 Å². The molecule has 166 valence electrons. The maximum Gasteiger partial charge on any atom is 0.290 e. The summed E-state index contributed by atoms with van der Waals surface area (Å²) in [6, 6.07) is 9.88. The summed E-state index contributed by atoms with van der Waals surface area (Å²) in [7, 11) is 0. The normalized spacial score (nSPS) is 15.8. The zero-order chi connectivity index (χ0) is 22.2. The highest BCUT2D eigenvalue weighted by molar-refractivity contribution is 7.10. The first kappa shape index (κ1) is 23.0. The van der Waals surface area contributed by atoms with Crippen molar-refractivity contribution in [3.05, 3.63) is 52.5 Å². The minimum Gasteiger partial charge on any atom is -0.483 e. The number of benzene rings is 1. The number of carboxylic acid groups (broad SMARTS) is 1. The van der Waals surface area contributed by atoms with Gasteiger partial charge in [0, 0.05) is 18.0 Å². The molecular weight excluding hydrogens is 412 g/mol. The quantitative estimate of drug-likeness (QED) is 0.569. The van der Waals surface area contributed by atoms with Gasteiger partial charge in [-0.2, -0.15) is 0 Å². The van der Waals surface area contributed by atoms with Crippen LogP contribution in [0.3, 0.4) is 0 Å². The number of carbonyl (C=O) groups is 2. The van der Waals surface area contributed by atoms with Crippen LogP contribution in [0.15, 0.2) is 42.0 Å². The molecule has 1 fully saturated rings. The van der Waals surface area contributed by atoms with Crippen molar-refractivity contribution >= 4 is 34.7 Å². The molecule has 1 amide bonds. The Morgan fingerprint density at radius 2 is 2.03 bits per heavy atom. The highest BCUT2D eigenvalue weighted by Crippen LogP contribution is 2.23. The number of carbonyl (C=O) groups excluding carboxylic acids is 1. The number of nitrogens with zero attached hydrogens (tertiary/aromatic N) is 3. The van der Waals surface area contributed by atoms with E-state index in [9.17, 15) is 4.79 Å². The SMILES string of the molecule is Cc1ccsc1CN1CCC(CNC(=O)C(C)n2cnc3ccccc32)CC1.O=CO. The fourth-order valence-electron chi connectivity index (χ4n) is 3.92. The second-order valence-corrected chi connectivity index (χ2v) is 8.91. The molecule has 0 bridgehead atoms. The Hall–Kier alpha value is -2.71. The molecule has 31 heavy (non-hydrogen) atoms. The zero-order valence-corrected chi connectivity index (χ0v) is 18.8. The number of aromatic nitrogens is 2. The fraction of sp³-hybridized carbons (Fsp3) is 0.435. The van der Waals surface area contributed by atoms with Gasteiger partial charge in [0.1, 0.15) is 6.04 Å². The molecule has 4 rings (SSSR count). The van der Waals surface area contributed by atoms with Gasteiger partial charge >= 0.3 is 0 Å². The number of hydrogen-bond acceptors (Lipinski definition) is 5. The predicted octanol–water partition coefficient (Wildman–Crippen LogP) is 3.70. The Kier molecular flexibility index (Phi) is 8.20. The summed E-state index contributed by atoms with van der Waals surface area (Å²) in [5, 5.41) is 12.2. The molecule has 0 saturated carbocycles. The highest BCUT2D eigenvalue weighted by Gasteiger charge is 2.22. The fourth-order valence-corrected chi connectivity index (χ4v) is 4.87. The summed E-state index contributed by atoms with van der Waals surface area (Å²) in [6.45, 7) is 7.93. The Morgan fingerprint density at radius 3 is 2.71 bits per heavy atom. The lowest BCUT2D eigenvalue weighted by atomic mass is 9.96. The van der Waals surface area contributed by atoms with Crippen LogP contribution in [0.1, 0.15) is 36.2 Å². The van der Waals surface area contributed by atoms with Crippen molar-refractivity contribution in [1.82, 2.24) is 19.8 Å². The number of aryl methyl sites for hydroxylation is 1. The molecule has 2 N–H and O–H groups in total. The van der Waals surface area contributed by atoms with E-state index in [-0.39, 0.29) is 18.4 Å². The number of likely N-dealkylation sites (tertiary alicyclic amines) is 1. The maximum absolute atomic E-state index is 12.7. The molecule has 1 unspecified atom stereocenters. The van der Waals surface area contributed by atoms with Gasteiger partial charge in [-0.1, -0.05) is 12.1 Å². The Labute approximate surface area is 186 Å². The number of fused-ring (bicyclic) bond motifs is 1. The third-order valence-corrected chi connectivity index (χ3v) is 6.89. The monoisotopic (exact) mass is 442 g/mol. The smallest absolute Gasteiger partial charge is 0.290 e. The van der Waals surface area contributed by atoms with E-state index in [1.807, 2.05) is 47.1 Å². The van der Waals surface area contributed by atoms with Crippen LogP contribution in [0, 0.1) is 12.8 Å². The van der Waals surface area contributed by atoms with Gasteiger partial charge in [-0.3, -0.25) is 14.5 Å². The molecule has 0 aliphatic carbocycles. The Bertz CT molecular complexity index is 992. The first-order valence-electron chi connectivity index (χ1n) is 10.6. The van der Waals surface area contributed by atoms with Crippen molar-refractivity contribution in [2.24, 2.45) is 5.92 Å². The number of piperidine rings is 1. The van der Waals surface area contributed by atoms with Crippen LogP contribution >= 0.6 is 11.3 Å². The minimum absolute atomic E-state index is 0.0693. The molecule has 2 aromatic heterocycles. The Morgan fingerprint density at radius 1 is 1.32 bits per heavy atom. The van der Waals surface area contributed by atoms with E-state index in [2.05, 4.69) is 33.6 Å². The number of nitrogens with one attached hydrogen (secondary N) is 1. The number of hydrogen-bond donors (Lipinski definition) is 2. The molecule has 1 saturated heterocycles. The maximum atomic E-state index is 12.7. The van der Waals surface area contributed by atoms with Crippen molar-refractivity contribution in [3.8, 4) is 0 Å². The summed E-state index contributed by atoms with van der Waals surface area (Å²) in [5.74, 6) is 0.635. The molecule has 1 atom stereocenters. The van der Waals surface area contributed by atoms with Gasteiger partial charge in [0.2, 0.25) is 5.91 Å². The van der Waals surface area contributed by atoms with Crippen LogP contribution in [0.25, 0.3) is 11.0 Å². The standard InChI is InChI=1S/C22H28N4OS.CH2O2/c1-16-9-12-28-21(16)14-25-10-7-18(8-11-25)13-23-22(27)17(2)26-15-24-19-5-3-4-6-20(19)26;2-1-3/h3-6,9,12,15,17-18H,7-8,10-11,13-14H2,1-2H3,(H,23,27);1H,(H,2,3). The molecule has 1 aliphatic heterocycles. The van der Waals surface area contributed by atoms with Gasteiger partial charge in [0.25, 0.3) is 6.47 Å². The van der Waals surface area contributed by atoms with Crippen LogP contribution < -0.4 is 5.32 Å². The van der Waals surface area contributed by atoms with Gasteiger partial charge in [0.05, 0.1) is 17.4 Å². The van der Waals surface area contributed by atoms with Crippen LogP contribution in [0.5, 0.6) is 0 Å². The van der Waals surface area contributed by atoms with Gasteiger partial charge in [-0.25, -0.2) is 4.98 Å². The van der Waals surface area contributed by atoms with Gasteiger partial charge in [-0.15, -0.1) is 11.3 Å². The predicted molar refractivity (Wildman–Crippen MR) is 123 cm³/mol. The number of thiophene rings is 1. The largest absolute Gasteiger partial charge is 0.483 e. The molecule has 7 nitrogen and oxygen atoms in total. The van der Waals surface area contributed by atoms with E-state index >= 15 is 0 Å². The van der Waals surface area contributed by atoms with E-state index in [1.165, 1.54) is 10.4 Å². The van der Waals surface area contributed by atoms with E-state index in [0.717, 1.165) is 50.1 Å². The second kappa shape index (κ2) is 11.1. The van der Waals surface area contributed by atoms with E-state index in [0.29, 0.717) is 5.92 Å². The summed E-state index contributed by atoms with van der Waals surface area (Å²) >= 11 is 1.85. The van der Waals surface area contributed by atoms with Crippen molar-refractivity contribution in [2.75, 3.05) is 19.6 Å². The lowest BCUT2D eigenvalue weighted by Crippen LogP contribution is -2.39. The molecule has 3 heterocycles. The lowest BCUT2D eigenvalue weighted by Gasteiger charge is -2.32. The molecule has 1 aliphatic rings. The molecule has 3 aromatic rings. The first-order chi connectivity index (χ1) is 15.0. The average molecular weight is 443 g/mol. The first-order valence-corrected chi connectivity index (χ1v) is 11.4. The number of amides is 1. The second-order valence-electron chi connectivity index (χ2n) is 7.91. The molecule has 0 radical (unpaired) electrons. The molecule has 8 heteroatoms. The van der Waals surface area contributed by atoms with Crippen molar-refractivity contribution < 1.29 is 14.7 Å². The average Bonchev–Trinajstić information content (AvgIpc) is 3.39. The van der Waals surface area contributed by atoms with Crippen molar-refractivity contribution in [1.29, 1.82) is 0 Å². The van der Waals surface area contributed by atoms with E-state index in [1.54, 1.807) is 6.33 Å². The van der Waals surface area contributed by atoms with Crippen molar-refractivity contribution in [3.63, 3.8) is 0 Å². The highest BCUT2D eigenvalue weighted by atomic mass is 32.1. The summed E-state index contributed by atoms with van der Waals surface area (Å²) in [5.41, 5.74) is 3.33. The third-order valence-electron chi connectivity index (χ3n) is 5.89. The van der Waals surface area contributed by atoms with Gasteiger partial charge in [-0.05, 0) is 74.8 Å². The summed E-state index contributed by atoms with van der Waals surface area (Å²) in [6.07, 6.45) is 4.06. The van der Waals surface area contributed by atoms with Crippen molar-refractivity contribution in [2.45, 2.75) is 39.3 Å². The topological polar surface area (TPSA) is 87.5 Å². The third kappa shape index (κ3) is 5.92. The van der Waals surface area contributed by atoms with E-state index < -0.39 is 0 Å². The van der Waals surface area contributed by atoms with Crippen LogP contribution in [0.4, 0.5) is 0 Å². The van der Waals surface area contributed by atoms with Gasteiger partial charge in [0.15, 0.2) is 0 Å². The number of rotatable bonds is 6. The molecule has 1 aromatic carbocycles. The zero-order valence-electron chi connectivity index (χ0n) is 18.0. The van der Waals surface area contributed by atoms with Crippen LogP contribution in [-0.2, 0) is 16.1 Å². The van der Waals surface area contributed by atoms with Crippen LogP contribution in [-0.4, -0.2) is 51.6 Å². The Balaban J connectivity index is 0.000000858. The van der Waals surface area contributed by atoms with Crippen LogP contribution in [0.2, 0.25) is 0 Å².